The van der Waals surface area contributed by atoms with Crippen LogP contribution in [0.2, 0.25) is 0 Å². The largest absolute Gasteiger partial charge is 0.397 e. The molecular weight excluding hydrogens is 1430 g/mol. The minimum Gasteiger partial charge on any atom is -0.378 e. The van der Waals surface area contributed by atoms with E-state index in [1.54, 1.807) is 13.8 Å². The molecule has 3 aliphatic carbocycles. The highest BCUT2D eigenvalue weighted by molar-refractivity contribution is 6.01. The first-order valence-electron chi connectivity index (χ1n) is 38.7. The van der Waals surface area contributed by atoms with Crippen LogP contribution in [0.1, 0.15) is 169 Å². The lowest BCUT2D eigenvalue weighted by Gasteiger charge is -2.46. The summed E-state index contributed by atoms with van der Waals surface area (Å²) in [4.78, 5) is 192. The summed E-state index contributed by atoms with van der Waals surface area (Å²) in [5, 5.41) is 8.30. The summed E-state index contributed by atoms with van der Waals surface area (Å²) in [5.41, 5.74) is -1.87. The van der Waals surface area contributed by atoms with Crippen LogP contribution in [0.3, 0.4) is 0 Å². The van der Waals surface area contributed by atoms with Crippen LogP contribution in [0.15, 0.2) is 0 Å². The van der Waals surface area contributed by atoms with Crippen LogP contribution in [0, 0.1) is 41.4 Å². The second kappa shape index (κ2) is 37.3. The van der Waals surface area contributed by atoms with Crippen LogP contribution in [0.5, 0.6) is 0 Å². The van der Waals surface area contributed by atoms with Gasteiger partial charge < -0.3 is 69.5 Å². The lowest BCUT2D eigenvalue weighted by molar-refractivity contribution is -0.219. The maximum absolute atomic E-state index is 15.6. The van der Waals surface area contributed by atoms with E-state index < -0.39 is 237 Å². The second-order valence-electron chi connectivity index (χ2n) is 32.2. The van der Waals surface area contributed by atoms with Crippen molar-refractivity contribution in [2.24, 2.45) is 41.4 Å². The molecule has 3 N–H and O–H groups in total. The number of morpholine rings is 1. The SMILES string of the molecule is CC[C@H](C)[C@@H]1NC(=O)[C@H](CC(C)C)N(C)C(=O)C[C@@H](C(=O)N2CCOCC2)N(C)C(=O)[C@H](C2CCCC2)N(C)C(=O)C2(COC2)NC(=O)[C@@H]2CCCN2C(=O)[C@H](CCC2CC(F)C(C(F)(F)F)C(F)C2)NC(=O)CN(C)C(=O)[C@H](CC2CCC(C(F)(F)F)CC2)N2CCCCC[C@@H](C2=O)N(C)C(=O)CN(C)C1=O. The van der Waals surface area contributed by atoms with Gasteiger partial charge in [-0.2, -0.15) is 26.3 Å². The Labute approximate surface area is 627 Å². The van der Waals surface area contributed by atoms with Crippen molar-refractivity contribution in [2.75, 3.05) is 108 Å². The van der Waals surface area contributed by atoms with Crippen LogP contribution in [0.25, 0.3) is 0 Å². The summed E-state index contributed by atoms with van der Waals surface area (Å²) in [6, 6.07) is -11.2. The van der Waals surface area contributed by atoms with Gasteiger partial charge in [-0.1, -0.05) is 59.8 Å². The molecule has 8 fully saturated rings. The Morgan fingerprint density at radius 2 is 1.17 bits per heavy atom. The first kappa shape index (κ1) is 86.6. The van der Waals surface area contributed by atoms with Gasteiger partial charge in [-0.25, -0.2) is 8.78 Å². The fourth-order valence-corrected chi connectivity index (χ4v) is 17.3. The zero-order chi connectivity index (χ0) is 79.6. The van der Waals surface area contributed by atoms with Gasteiger partial charge >= 0.3 is 12.4 Å². The summed E-state index contributed by atoms with van der Waals surface area (Å²) in [6.07, 6.45) is -14.5. The molecule has 8 rings (SSSR count). The number of likely N-dealkylation sites (N-methyl/N-ethyl adjacent to an activating group) is 6. The average molecular weight is 1550 g/mol. The van der Waals surface area contributed by atoms with Crippen molar-refractivity contribution in [3.8, 4) is 0 Å². The lowest BCUT2D eigenvalue weighted by Crippen LogP contribution is -2.73. The standard InChI is InChI=1S/C74H114F8N12O14/c1-11-44(4)61-69(104)87(6)40-59(97)88(7)53-20-13-12-16-28-94(68(53)103)56(37-45-22-25-48(26-23-45)73(77,78)79)66(101)86(5)39-57(95)83-51(27-24-46-35-49(75)60(50(76)36-46)74(80,81)82)65(100)93-29-17-21-52(93)64(99)85-72(41-108-42-72)71(106)91(10)62(47-18-14-15-19-47)70(105)90(9)55(67(102)92-30-32-107-33-31-92)38-58(96)89(8)54(34-43(2)3)63(98)84-61/h43-56,60-62H,11-42H2,1-10H3,(H,83,95)(H,84,98)(H,85,99)/t44-,45?,46?,48?,49?,50?,51-,52-,53-,54-,55-,56-,60?,61-,62-/m0/s1. The molecule has 8 aliphatic rings. The smallest absolute Gasteiger partial charge is 0.378 e. The summed E-state index contributed by atoms with van der Waals surface area (Å²) in [5.74, 6) is -16.9. The number of alkyl halides is 8. The van der Waals surface area contributed by atoms with Crippen molar-refractivity contribution < 1.29 is 102 Å². The van der Waals surface area contributed by atoms with Gasteiger partial charge in [-0.15, -0.1) is 0 Å². The quantitative estimate of drug-likeness (QED) is 0.225. The molecule has 0 aromatic heterocycles. The number of hydrogen-bond donors (Lipinski definition) is 3. The van der Waals surface area contributed by atoms with Crippen LogP contribution in [-0.4, -0.2) is 302 Å². The number of carbonyl (C=O) groups excluding carboxylic acids is 12. The minimum absolute atomic E-state index is 0.0110. The Morgan fingerprint density at radius 3 is 1.75 bits per heavy atom. The first-order valence-corrected chi connectivity index (χ1v) is 38.7. The lowest BCUT2D eigenvalue weighted by atomic mass is 9.76. The molecular formula is C74H114F8N12O14. The van der Waals surface area contributed by atoms with E-state index in [1.807, 2.05) is 13.8 Å². The Morgan fingerprint density at radius 1 is 0.565 bits per heavy atom. The van der Waals surface area contributed by atoms with E-state index in [1.165, 1.54) is 61.9 Å². The summed E-state index contributed by atoms with van der Waals surface area (Å²) in [6.45, 7) is 5.12. The zero-order valence-corrected chi connectivity index (χ0v) is 64.2. The molecule has 26 nitrogen and oxygen atoms in total. The molecule has 1 spiro atoms. The van der Waals surface area contributed by atoms with E-state index in [0.29, 0.717) is 51.4 Å². The van der Waals surface area contributed by atoms with Gasteiger partial charge in [-0.3, -0.25) is 57.5 Å². The Bertz CT molecular complexity index is 3190. The van der Waals surface area contributed by atoms with Crippen LogP contribution < -0.4 is 16.0 Å². The normalized spacial score (nSPS) is 32.0. The number of rotatable bonds is 11. The zero-order valence-electron chi connectivity index (χ0n) is 64.2. The van der Waals surface area contributed by atoms with E-state index in [2.05, 4.69) is 16.0 Å². The number of nitrogens with zero attached hydrogens (tertiary/aromatic N) is 9. The number of ether oxygens (including phenoxy) is 2. The van der Waals surface area contributed by atoms with E-state index in [9.17, 15) is 50.3 Å². The molecule has 11 atom stereocenters. The third-order valence-electron chi connectivity index (χ3n) is 24.2. The molecule has 5 saturated heterocycles. The minimum atomic E-state index is -5.21. The topological polar surface area (TPSA) is 289 Å². The van der Waals surface area contributed by atoms with Crippen molar-refractivity contribution in [3.05, 3.63) is 0 Å². The Balaban J connectivity index is 1.18. The molecule has 2 bridgehead atoms. The van der Waals surface area contributed by atoms with E-state index in [-0.39, 0.29) is 110 Å². The molecule has 5 aliphatic heterocycles. The average Bonchev–Trinajstić information content (AvgIpc) is 1.01. The summed E-state index contributed by atoms with van der Waals surface area (Å²) < 4.78 is 126. The number of halogens is 8. The highest BCUT2D eigenvalue weighted by Gasteiger charge is 2.56. The van der Waals surface area contributed by atoms with Crippen LogP contribution in [0.4, 0.5) is 35.1 Å². The number of nitrogens with one attached hydrogen (secondary N) is 3. The van der Waals surface area contributed by atoms with Gasteiger partial charge in [0, 0.05) is 68.5 Å². The van der Waals surface area contributed by atoms with Gasteiger partial charge in [0.05, 0.1) is 51.9 Å². The molecule has 34 heteroatoms. The fraction of sp³-hybridized carbons (Fsp3) is 0.838. The second-order valence-corrected chi connectivity index (χ2v) is 32.2. The summed E-state index contributed by atoms with van der Waals surface area (Å²) >= 11 is 0. The molecule has 0 aromatic carbocycles. The third kappa shape index (κ3) is 20.8. The van der Waals surface area contributed by atoms with Gasteiger partial charge in [0.2, 0.25) is 65.0 Å². The van der Waals surface area contributed by atoms with Crippen molar-refractivity contribution in [3.63, 3.8) is 0 Å². The Kier molecular flexibility index (Phi) is 29.9. The molecule has 0 aromatic rings. The van der Waals surface area contributed by atoms with E-state index >= 15 is 42.3 Å². The van der Waals surface area contributed by atoms with Crippen LogP contribution in [-0.2, 0) is 67.0 Å². The predicted octanol–water partition coefficient (Wildman–Crippen LogP) is 5.18. The monoisotopic (exact) mass is 1550 g/mol. The van der Waals surface area contributed by atoms with Crippen molar-refractivity contribution >= 4 is 70.9 Å². The molecule has 2 unspecified atom stereocenters. The molecule has 0 radical (unpaired) electrons. The number of carbonyl (C=O) groups is 12. The van der Waals surface area contributed by atoms with Gasteiger partial charge in [0.1, 0.15) is 66.6 Å². The van der Waals surface area contributed by atoms with Crippen LogP contribution >= 0.6 is 0 Å². The molecule has 108 heavy (non-hydrogen) atoms. The van der Waals surface area contributed by atoms with Gasteiger partial charge in [-0.05, 0) is 132 Å². The van der Waals surface area contributed by atoms with Crippen molar-refractivity contribution in [1.29, 1.82) is 0 Å². The van der Waals surface area contributed by atoms with Crippen molar-refractivity contribution in [1.82, 2.24) is 60.0 Å². The number of hydrogen-bond acceptors (Lipinski definition) is 14. The third-order valence-corrected chi connectivity index (χ3v) is 24.2. The van der Waals surface area contributed by atoms with Gasteiger partial charge in [0.25, 0.3) is 5.91 Å². The number of fused-ring (bicyclic) bond motifs is 3. The maximum atomic E-state index is 15.6. The van der Waals surface area contributed by atoms with Crippen molar-refractivity contribution in [2.45, 2.75) is 248 Å². The van der Waals surface area contributed by atoms with Gasteiger partial charge in [0.15, 0.2) is 5.54 Å². The van der Waals surface area contributed by atoms with E-state index in [4.69, 9.17) is 9.47 Å². The maximum Gasteiger partial charge on any atom is 0.397 e. The highest BCUT2D eigenvalue weighted by atomic mass is 19.4. The Hall–Kier alpha value is -7.00. The molecule has 3 saturated carbocycles. The first-order chi connectivity index (χ1) is 50.8. The molecule has 5 heterocycles. The van der Waals surface area contributed by atoms with E-state index in [0.717, 1.165) is 24.5 Å². The highest BCUT2D eigenvalue weighted by Crippen LogP contribution is 2.45. The predicted molar refractivity (Wildman–Crippen MR) is 376 cm³/mol. The molecule has 12 amide bonds. The fourth-order valence-electron chi connectivity index (χ4n) is 17.3. The number of amides is 12. The molecule has 610 valence electrons. The summed E-state index contributed by atoms with van der Waals surface area (Å²) in [7, 11) is 8.03.